The van der Waals surface area contributed by atoms with Gasteiger partial charge in [0.15, 0.2) is 0 Å². The summed E-state index contributed by atoms with van der Waals surface area (Å²) in [5.41, 5.74) is 1.91. The fourth-order valence-electron chi connectivity index (χ4n) is 2.23. The highest BCUT2D eigenvalue weighted by molar-refractivity contribution is 5.43. The predicted molar refractivity (Wildman–Crippen MR) is 69.2 cm³/mol. The van der Waals surface area contributed by atoms with Crippen molar-refractivity contribution in [3.63, 3.8) is 0 Å². The Morgan fingerprint density at radius 2 is 2.18 bits per heavy atom. The van der Waals surface area contributed by atoms with Crippen LogP contribution in [0.2, 0.25) is 0 Å². The quantitative estimate of drug-likeness (QED) is 0.831. The van der Waals surface area contributed by atoms with Crippen molar-refractivity contribution >= 4 is 5.82 Å². The van der Waals surface area contributed by atoms with Crippen molar-refractivity contribution in [1.29, 1.82) is 0 Å². The highest BCUT2D eigenvalue weighted by Crippen LogP contribution is 2.18. The Labute approximate surface area is 103 Å². The van der Waals surface area contributed by atoms with Crippen LogP contribution in [0.25, 0.3) is 0 Å². The van der Waals surface area contributed by atoms with Gasteiger partial charge < -0.3 is 14.9 Å². The van der Waals surface area contributed by atoms with Crippen LogP contribution >= 0.6 is 0 Å². The molecule has 1 atom stereocenters. The van der Waals surface area contributed by atoms with E-state index in [9.17, 15) is 5.11 Å². The van der Waals surface area contributed by atoms with Crippen molar-refractivity contribution in [2.75, 3.05) is 31.6 Å². The van der Waals surface area contributed by atoms with Gasteiger partial charge in [-0.3, -0.25) is 0 Å². The third-order valence-electron chi connectivity index (χ3n) is 3.47. The first kappa shape index (κ1) is 12.3. The molecule has 0 aromatic carbocycles. The van der Waals surface area contributed by atoms with E-state index in [-0.39, 0.29) is 6.61 Å². The Hall–Kier alpha value is -1.13. The molecule has 1 aliphatic rings. The van der Waals surface area contributed by atoms with E-state index >= 15 is 0 Å². The summed E-state index contributed by atoms with van der Waals surface area (Å²) in [4.78, 5) is 9.22. The zero-order valence-corrected chi connectivity index (χ0v) is 10.8. The summed E-state index contributed by atoms with van der Waals surface area (Å²) < 4.78 is 0. The van der Waals surface area contributed by atoms with Crippen LogP contribution in [0, 0.1) is 6.92 Å². The van der Waals surface area contributed by atoms with Gasteiger partial charge in [0.25, 0.3) is 0 Å². The summed E-state index contributed by atoms with van der Waals surface area (Å²) in [6, 6.07) is 4.47. The van der Waals surface area contributed by atoms with Crippen LogP contribution in [0.15, 0.2) is 12.1 Å². The SMILES string of the molecule is Cc1cc(CO)cc(N2CCN(C)C(C)C2)n1. The molecular formula is C13H21N3O. The van der Waals surface area contributed by atoms with Crippen molar-refractivity contribution in [3.8, 4) is 0 Å². The van der Waals surface area contributed by atoms with E-state index in [0.29, 0.717) is 6.04 Å². The summed E-state index contributed by atoms with van der Waals surface area (Å²) in [5, 5.41) is 9.22. The first-order valence-electron chi connectivity index (χ1n) is 6.13. The van der Waals surface area contributed by atoms with Crippen molar-refractivity contribution in [3.05, 3.63) is 23.4 Å². The molecule has 1 fully saturated rings. The second kappa shape index (κ2) is 5.02. The summed E-state index contributed by atoms with van der Waals surface area (Å²) in [5.74, 6) is 0.994. The van der Waals surface area contributed by atoms with Gasteiger partial charge in [-0.05, 0) is 38.6 Å². The number of rotatable bonds is 2. The molecule has 0 aliphatic carbocycles. The molecule has 2 rings (SSSR count). The van der Waals surface area contributed by atoms with E-state index in [1.165, 1.54) is 0 Å². The topological polar surface area (TPSA) is 39.6 Å². The van der Waals surface area contributed by atoms with Gasteiger partial charge in [0.1, 0.15) is 5.82 Å². The minimum Gasteiger partial charge on any atom is -0.392 e. The lowest BCUT2D eigenvalue weighted by atomic mass is 10.2. The molecule has 1 N–H and O–H groups in total. The van der Waals surface area contributed by atoms with Crippen LogP contribution in [0.3, 0.4) is 0 Å². The van der Waals surface area contributed by atoms with Gasteiger partial charge >= 0.3 is 0 Å². The van der Waals surface area contributed by atoms with Gasteiger partial charge in [-0.25, -0.2) is 4.98 Å². The van der Waals surface area contributed by atoms with E-state index in [4.69, 9.17) is 0 Å². The monoisotopic (exact) mass is 235 g/mol. The Balaban J connectivity index is 2.19. The van der Waals surface area contributed by atoms with Crippen molar-refractivity contribution in [2.45, 2.75) is 26.5 Å². The van der Waals surface area contributed by atoms with E-state index < -0.39 is 0 Å². The van der Waals surface area contributed by atoms with E-state index in [1.54, 1.807) is 0 Å². The van der Waals surface area contributed by atoms with Gasteiger partial charge in [0.05, 0.1) is 6.61 Å². The molecule has 1 aromatic heterocycles. The van der Waals surface area contributed by atoms with Gasteiger partial charge in [0, 0.05) is 31.4 Å². The zero-order chi connectivity index (χ0) is 12.4. The molecular weight excluding hydrogens is 214 g/mol. The lowest BCUT2D eigenvalue weighted by Gasteiger charge is -2.38. The van der Waals surface area contributed by atoms with Crippen LogP contribution in [0.4, 0.5) is 5.82 Å². The summed E-state index contributed by atoms with van der Waals surface area (Å²) in [7, 11) is 2.16. The number of aromatic nitrogens is 1. The number of nitrogens with zero attached hydrogens (tertiary/aromatic N) is 3. The molecule has 0 saturated carbocycles. The van der Waals surface area contributed by atoms with Crippen molar-refractivity contribution < 1.29 is 5.11 Å². The highest BCUT2D eigenvalue weighted by Gasteiger charge is 2.21. The number of aliphatic hydroxyl groups excluding tert-OH is 1. The van der Waals surface area contributed by atoms with Crippen LogP contribution in [-0.2, 0) is 6.61 Å². The second-order valence-electron chi connectivity index (χ2n) is 4.91. The first-order chi connectivity index (χ1) is 8.10. The number of aryl methyl sites for hydroxylation is 1. The number of hydrogen-bond donors (Lipinski definition) is 1. The van der Waals surface area contributed by atoms with Gasteiger partial charge in [-0.1, -0.05) is 0 Å². The number of hydrogen-bond acceptors (Lipinski definition) is 4. The average Bonchev–Trinajstić information content (AvgIpc) is 2.32. The number of piperazine rings is 1. The first-order valence-corrected chi connectivity index (χ1v) is 6.13. The van der Waals surface area contributed by atoms with Crippen LogP contribution < -0.4 is 4.90 Å². The summed E-state index contributed by atoms with van der Waals surface area (Å²) >= 11 is 0. The van der Waals surface area contributed by atoms with Crippen molar-refractivity contribution in [1.82, 2.24) is 9.88 Å². The van der Waals surface area contributed by atoms with E-state index in [1.807, 2.05) is 19.1 Å². The van der Waals surface area contributed by atoms with E-state index in [0.717, 1.165) is 36.7 Å². The maximum absolute atomic E-state index is 9.22. The lowest BCUT2D eigenvalue weighted by molar-refractivity contribution is 0.233. The summed E-state index contributed by atoms with van der Waals surface area (Å²) in [6.07, 6.45) is 0. The van der Waals surface area contributed by atoms with Crippen molar-refractivity contribution in [2.24, 2.45) is 0 Å². The normalized spacial score (nSPS) is 21.9. The predicted octanol–water partition coefficient (Wildman–Crippen LogP) is 1.02. The largest absolute Gasteiger partial charge is 0.392 e. The average molecular weight is 235 g/mol. The molecule has 1 aliphatic heterocycles. The molecule has 0 spiro atoms. The third-order valence-corrected chi connectivity index (χ3v) is 3.47. The minimum atomic E-state index is 0.0830. The second-order valence-corrected chi connectivity index (χ2v) is 4.91. The van der Waals surface area contributed by atoms with Crippen LogP contribution in [0.5, 0.6) is 0 Å². The Morgan fingerprint density at radius 3 is 2.82 bits per heavy atom. The van der Waals surface area contributed by atoms with E-state index in [2.05, 4.69) is 28.8 Å². The number of pyridine rings is 1. The summed E-state index contributed by atoms with van der Waals surface area (Å²) in [6.45, 7) is 7.35. The van der Waals surface area contributed by atoms with Gasteiger partial charge in [-0.15, -0.1) is 0 Å². The maximum atomic E-state index is 9.22. The number of aliphatic hydroxyl groups is 1. The molecule has 2 heterocycles. The molecule has 17 heavy (non-hydrogen) atoms. The fourth-order valence-corrected chi connectivity index (χ4v) is 2.23. The molecule has 1 aromatic rings. The number of anilines is 1. The van der Waals surface area contributed by atoms with Gasteiger partial charge in [-0.2, -0.15) is 0 Å². The lowest BCUT2D eigenvalue weighted by Crippen LogP contribution is -2.50. The molecule has 0 radical (unpaired) electrons. The maximum Gasteiger partial charge on any atom is 0.129 e. The standard InChI is InChI=1S/C13H21N3O/c1-10-6-12(9-17)7-13(14-10)16-5-4-15(3)11(2)8-16/h6-7,11,17H,4-5,8-9H2,1-3H3. The number of likely N-dealkylation sites (N-methyl/N-ethyl adjacent to an activating group) is 1. The zero-order valence-electron chi connectivity index (χ0n) is 10.8. The fraction of sp³-hybridized carbons (Fsp3) is 0.615. The molecule has 0 amide bonds. The molecule has 1 saturated heterocycles. The van der Waals surface area contributed by atoms with Crippen LogP contribution in [-0.4, -0.2) is 47.7 Å². The Morgan fingerprint density at radius 1 is 1.41 bits per heavy atom. The Bertz CT molecular complexity index is 394. The van der Waals surface area contributed by atoms with Gasteiger partial charge in [0.2, 0.25) is 0 Å². The molecule has 4 heteroatoms. The third kappa shape index (κ3) is 2.76. The molecule has 94 valence electrons. The molecule has 4 nitrogen and oxygen atoms in total. The molecule has 0 bridgehead atoms. The molecule has 1 unspecified atom stereocenters. The Kier molecular flexibility index (Phi) is 3.64. The smallest absolute Gasteiger partial charge is 0.129 e. The van der Waals surface area contributed by atoms with Crippen LogP contribution in [0.1, 0.15) is 18.2 Å². The highest BCUT2D eigenvalue weighted by atomic mass is 16.3. The minimum absolute atomic E-state index is 0.0830.